The van der Waals surface area contributed by atoms with Crippen molar-refractivity contribution in [2.24, 2.45) is 5.73 Å². The van der Waals surface area contributed by atoms with E-state index in [0.29, 0.717) is 10.9 Å². The molecule has 0 fully saturated rings. The average molecular weight is 467 g/mol. The van der Waals surface area contributed by atoms with E-state index in [4.69, 9.17) is 14.9 Å². The first-order valence-corrected chi connectivity index (χ1v) is 11.2. The largest absolute Gasteiger partial charge is 0.497 e. The molecule has 4 rings (SSSR count). The zero-order valence-electron chi connectivity index (χ0n) is 16.9. The van der Waals surface area contributed by atoms with Crippen LogP contribution in [-0.4, -0.2) is 34.9 Å². The third-order valence-corrected chi connectivity index (χ3v) is 6.30. The van der Waals surface area contributed by atoms with Crippen molar-refractivity contribution in [3.05, 3.63) is 66.2 Å². The van der Waals surface area contributed by atoms with Crippen LogP contribution in [0, 0.1) is 0 Å². The number of benzene rings is 2. The quantitative estimate of drug-likeness (QED) is 0.371. The number of nitrogens with one attached hydrogen (secondary N) is 1. The summed E-state index contributed by atoms with van der Waals surface area (Å²) in [5, 5.41) is 11.4. The van der Waals surface area contributed by atoms with Crippen LogP contribution in [0.4, 0.5) is 5.00 Å². The van der Waals surface area contributed by atoms with Crippen LogP contribution in [0.2, 0.25) is 0 Å². The van der Waals surface area contributed by atoms with Gasteiger partial charge in [-0.2, -0.15) is 0 Å². The maximum atomic E-state index is 12.5. The van der Waals surface area contributed by atoms with Crippen molar-refractivity contribution in [1.29, 1.82) is 0 Å². The van der Waals surface area contributed by atoms with Crippen molar-refractivity contribution in [2.75, 3.05) is 18.2 Å². The summed E-state index contributed by atoms with van der Waals surface area (Å²) < 4.78 is 10.7. The van der Waals surface area contributed by atoms with E-state index in [1.807, 2.05) is 30.3 Å². The molecule has 32 heavy (non-hydrogen) atoms. The van der Waals surface area contributed by atoms with E-state index in [1.165, 1.54) is 11.3 Å². The highest BCUT2D eigenvalue weighted by molar-refractivity contribution is 7.99. The first kappa shape index (κ1) is 21.6. The van der Waals surface area contributed by atoms with Crippen LogP contribution in [0.1, 0.15) is 10.4 Å². The summed E-state index contributed by atoms with van der Waals surface area (Å²) in [6, 6.07) is 18.4. The normalized spacial score (nSPS) is 10.7. The average Bonchev–Trinajstić information content (AvgIpc) is 3.46. The second-order valence-electron chi connectivity index (χ2n) is 6.52. The smallest absolute Gasteiger partial charge is 0.277 e. The van der Waals surface area contributed by atoms with Crippen molar-refractivity contribution in [2.45, 2.75) is 5.22 Å². The van der Waals surface area contributed by atoms with E-state index in [1.54, 1.807) is 37.4 Å². The minimum Gasteiger partial charge on any atom is -0.497 e. The SMILES string of the molecule is COc1ccc(-c2nnc(SCC(=O)Nc3sc(-c4ccccc4)cc3C(N)=O)o2)cc1. The van der Waals surface area contributed by atoms with Gasteiger partial charge in [0, 0.05) is 10.4 Å². The summed E-state index contributed by atoms with van der Waals surface area (Å²) in [6.45, 7) is 0. The number of thioether (sulfide) groups is 1. The molecule has 0 aliphatic rings. The molecular weight excluding hydrogens is 448 g/mol. The molecule has 0 spiro atoms. The Kier molecular flexibility index (Phi) is 6.52. The van der Waals surface area contributed by atoms with Gasteiger partial charge < -0.3 is 20.2 Å². The maximum absolute atomic E-state index is 12.5. The predicted octanol–water partition coefficient (Wildman–Crippen LogP) is 4.30. The number of carbonyl (C=O) groups excluding carboxylic acids is 2. The molecule has 10 heteroatoms. The summed E-state index contributed by atoms with van der Waals surface area (Å²) in [5.74, 6) is 0.174. The number of rotatable bonds is 8. The Morgan fingerprint density at radius 1 is 1.09 bits per heavy atom. The molecule has 0 aliphatic carbocycles. The van der Waals surface area contributed by atoms with Crippen molar-refractivity contribution in [1.82, 2.24) is 10.2 Å². The third-order valence-electron chi connectivity index (χ3n) is 4.38. The summed E-state index contributed by atoms with van der Waals surface area (Å²) in [5.41, 5.74) is 7.44. The van der Waals surface area contributed by atoms with E-state index >= 15 is 0 Å². The van der Waals surface area contributed by atoms with E-state index in [0.717, 1.165) is 33.5 Å². The fourth-order valence-electron chi connectivity index (χ4n) is 2.82. The van der Waals surface area contributed by atoms with Crippen molar-refractivity contribution < 1.29 is 18.7 Å². The first-order valence-electron chi connectivity index (χ1n) is 9.43. The monoisotopic (exact) mass is 466 g/mol. The number of carbonyl (C=O) groups is 2. The second-order valence-corrected chi connectivity index (χ2v) is 8.50. The minimum absolute atomic E-state index is 0.0288. The molecule has 8 nitrogen and oxygen atoms in total. The Balaban J connectivity index is 1.40. The van der Waals surface area contributed by atoms with Gasteiger partial charge in [-0.3, -0.25) is 9.59 Å². The van der Waals surface area contributed by atoms with Gasteiger partial charge >= 0.3 is 0 Å². The highest BCUT2D eigenvalue weighted by atomic mass is 32.2. The van der Waals surface area contributed by atoms with Crippen LogP contribution in [0.3, 0.4) is 0 Å². The molecule has 2 aromatic heterocycles. The summed E-state index contributed by atoms with van der Waals surface area (Å²) >= 11 is 2.39. The van der Waals surface area contributed by atoms with Crippen molar-refractivity contribution >= 4 is 39.9 Å². The molecule has 162 valence electrons. The zero-order chi connectivity index (χ0) is 22.5. The number of primary amides is 1. The third kappa shape index (κ3) is 4.98. The van der Waals surface area contributed by atoms with Crippen LogP contribution >= 0.6 is 23.1 Å². The first-order chi connectivity index (χ1) is 15.5. The van der Waals surface area contributed by atoms with E-state index in [-0.39, 0.29) is 22.4 Å². The number of methoxy groups -OCH3 is 1. The Labute approximate surface area is 191 Å². The van der Waals surface area contributed by atoms with Crippen LogP contribution in [0.15, 0.2) is 70.3 Å². The van der Waals surface area contributed by atoms with E-state index in [2.05, 4.69) is 15.5 Å². The Hall–Kier alpha value is -3.63. The molecule has 0 unspecified atom stereocenters. The van der Waals surface area contributed by atoms with E-state index < -0.39 is 5.91 Å². The van der Waals surface area contributed by atoms with Crippen molar-refractivity contribution in [3.8, 4) is 27.6 Å². The molecule has 0 bridgehead atoms. The summed E-state index contributed by atoms with van der Waals surface area (Å²) in [4.78, 5) is 25.1. The number of anilines is 1. The lowest BCUT2D eigenvalue weighted by Crippen LogP contribution is -2.17. The number of amides is 2. The van der Waals surface area contributed by atoms with Gasteiger partial charge in [-0.15, -0.1) is 21.5 Å². The molecule has 4 aromatic rings. The fraction of sp³-hybridized carbons (Fsp3) is 0.0909. The number of nitrogens with zero attached hydrogens (tertiary/aromatic N) is 2. The molecule has 0 radical (unpaired) electrons. The molecule has 0 saturated carbocycles. The van der Waals surface area contributed by atoms with Crippen LogP contribution < -0.4 is 15.8 Å². The Morgan fingerprint density at radius 2 is 1.84 bits per heavy atom. The fourth-order valence-corrected chi connectivity index (χ4v) is 4.47. The molecule has 2 aromatic carbocycles. The van der Waals surface area contributed by atoms with Gasteiger partial charge in [0.25, 0.3) is 11.1 Å². The maximum Gasteiger partial charge on any atom is 0.277 e. The lowest BCUT2D eigenvalue weighted by molar-refractivity contribution is -0.113. The summed E-state index contributed by atoms with van der Waals surface area (Å²) in [6.07, 6.45) is 0. The molecule has 0 atom stereocenters. The van der Waals surface area contributed by atoms with Gasteiger partial charge in [-0.25, -0.2) is 0 Å². The van der Waals surface area contributed by atoms with Gasteiger partial charge in [0.1, 0.15) is 10.8 Å². The Morgan fingerprint density at radius 3 is 2.53 bits per heavy atom. The van der Waals surface area contributed by atoms with E-state index in [9.17, 15) is 9.59 Å². The molecule has 3 N–H and O–H groups in total. The standard InChI is InChI=1S/C22H18N4O4S2/c1-29-15-9-7-14(8-10-15)20-25-26-22(30-20)31-12-18(27)24-21-16(19(23)28)11-17(32-21)13-5-3-2-4-6-13/h2-11H,12H2,1H3,(H2,23,28)(H,24,27). The van der Waals surface area contributed by atoms with Gasteiger partial charge in [0.2, 0.25) is 11.8 Å². The Bertz CT molecular complexity index is 1240. The highest BCUT2D eigenvalue weighted by Gasteiger charge is 2.18. The molecule has 2 heterocycles. The van der Waals surface area contributed by atoms with Gasteiger partial charge in [0.05, 0.1) is 18.4 Å². The van der Waals surface area contributed by atoms with Crippen LogP contribution in [0.25, 0.3) is 21.9 Å². The number of nitrogens with two attached hydrogens (primary N) is 1. The lowest BCUT2D eigenvalue weighted by atomic mass is 10.1. The number of hydrogen-bond acceptors (Lipinski definition) is 8. The van der Waals surface area contributed by atoms with Crippen LogP contribution in [-0.2, 0) is 4.79 Å². The number of hydrogen-bond donors (Lipinski definition) is 2. The number of thiophene rings is 1. The second kappa shape index (κ2) is 9.67. The minimum atomic E-state index is -0.604. The number of ether oxygens (including phenoxy) is 1. The number of aromatic nitrogens is 2. The predicted molar refractivity (Wildman–Crippen MR) is 124 cm³/mol. The molecule has 0 saturated heterocycles. The highest BCUT2D eigenvalue weighted by Crippen LogP contribution is 2.35. The molecule has 0 aliphatic heterocycles. The summed E-state index contributed by atoms with van der Waals surface area (Å²) in [7, 11) is 1.59. The molecule has 2 amide bonds. The topological polar surface area (TPSA) is 120 Å². The van der Waals surface area contributed by atoms with Gasteiger partial charge in [-0.1, -0.05) is 42.1 Å². The van der Waals surface area contributed by atoms with Gasteiger partial charge in [0.15, 0.2) is 0 Å². The van der Waals surface area contributed by atoms with Crippen LogP contribution in [0.5, 0.6) is 5.75 Å². The lowest BCUT2D eigenvalue weighted by Gasteiger charge is -2.03. The molecular formula is C22H18N4O4S2. The zero-order valence-corrected chi connectivity index (χ0v) is 18.5. The van der Waals surface area contributed by atoms with Gasteiger partial charge in [-0.05, 0) is 35.9 Å². The van der Waals surface area contributed by atoms with Crippen molar-refractivity contribution in [3.63, 3.8) is 0 Å².